The molecule has 3 heterocycles. The third kappa shape index (κ3) is 2.00. The minimum Gasteiger partial charge on any atom is -0.394 e. The second kappa shape index (κ2) is 4.90. The van der Waals surface area contributed by atoms with Crippen LogP contribution in [-0.2, 0) is 6.54 Å². The van der Waals surface area contributed by atoms with Crippen molar-refractivity contribution in [1.29, 1.82) is 0 Å². The molecule has 0 aromatic carbocycles. The molecule has 0 bridgehead atoms. The van der Waals surface area contributed by atoms with E-state index in [4.69, 9.17) is 10.8 Å². The zero-order chi connectivity index (χ0) is 14.1. The number of pyridine rings is 2. The molecule has 0 atom stereocenters. The molecule has 3 N–H and O–H groups in total. The summed E-state index contributed by atoms with van der Waals surface area (Å²) in [7, 11) is 0. The van der Waals surface area contributed by atoms with E-state index in [-0.39, 0.29) is 6.61 Å². The molecule has 0 aliphatic rings. The van der Waals surface area contributed by atoms with E-state index in [1.54, 1.807) is 17.1 Å². The third-order valence-corrected chi connectivity index (χ3v) is 3.25. The Kier molecular flexibility index (Phi) is 3.08. The number of hydrogen-bond acceptors (Lipinski definition) is 5. The summed E-state index contributed by atoms with van der Waals surface area (Å²) < 4.78 is 1.62. The maximum atomic E-state index is 9.02. The Bertz CT molecular complexity index is 765. The molecule has 0 amide bonds. The Hall–Kier alpha value is -2.47. The molecule has 0 aliphatic heterocycles. The van der Waals surface area contributed by atoms with Crippen LogP contribution in [0.2, 0.25) is 0 Å². The van der Waals surface area contributed by atoms with E-state index in [9.17, 15) is 0 Å². The lowest BCUT2D eigenvalue weighted by Crippen LogP contribution is -2.04. The van der Waals surface area contributed by atoms with Crippen molar-refractivity contribution in [2.75, 3.05) is 12.3 Å². The van der Waals surface area contributed by atoms with Crippen LogP contribution in [-0.4, -0.2) is 31.5 Å². The van der Waals surface area contributed by atoms with E-state index in [1.807, 2.05) is 25.1 Å². The molecule has 6 nitrogen and oxygen atoms in total. The largest absolute Gasteiger partial charge is 0.394 e. The van der Waals surface area contributed by atoms with E-state index in [0.717, 1.165) is 22.2 Å². The van der Waals surface area contributed by atoms with Crippen LogP contribution in [0.4, 0.5) is 5.82 Å². The minimum absolute atomic E-state index is 0.00135. The number of nitrogens with two attached hydrogens (primary N) is 1. The van der Waals surface area contributed by atoms with E-state index < -0.39 is 0 Å². The number of nitrogens with zero attached hydrogens (tertiary/aromatic N) is 4. The first kappa shape index (κ1) is 12.6. The molecule has 3 rings (SSSR count). The Balaban J connectivity index is 2.17. The maximum Gasteiger partial charge on any atom is 0.160 e. The van der Waals surface area contributed by atoms with E-state index in [1.165, 1.54) is 0 Å². The number of aromatic nitrogens is 4. The quantitative estimate of drug-likeness (QED) is 0.749. The highest BCUT2D eigenvalue weighted by Gasteiger charge is 2.11. The molecule has 0 saturated carbocycles. The summed E-state index contributed by atoms with van der Waals surface area (Å²) in [5.74, 6) is 0.421. The average Bonchev–Trinajstić information content (AvgIpc) is 2.76. The van der Waals surface area contributed by atoms with Crippen LogP contribution in [0.25, 0.3) is 22.2 Å². The van der Waals surface area contributed by atoms with Gasteiger partial charge < -0.3 is 10.8 Å². The molecule has 0 aliphatic carbocycles. The van der Waals surface area contributed by atoms with Gasteiger partial charge in [0.15, 0.2) is 11.5 Å². The first-order valence-electron chi connectivity index (χ1n) is 6.35. The fourth-order valence-corrected chi connectivity index (χ4v) is 2.27. The van der Waals surface area contributed by atoms with Crippen LogP contribution in [0.5, 0.6) is 0 Å². The monoisotopic (exact) mass is 269 g/mol. The Labute approximate surface area is 115 Å². The number of fused-ring (bicyclic) bond motifs is 1. The SMILES string of the molecule is Cc1ncccc1-c1cnc2c(c1)c(N)nn2CCO. The Morgan fingerprint density at radius 1 is 1.35 bits per heavy atom. The van der Waals surface area contributed by atoms with Gasteiger partial charge in [0.25, 0.3) is 0 Å². The molecule has 0 unspecified atom stereocenters. The number of rotatable bonds is 3. The van der Waals surface area contributed by atoms with Crippen LogP contribution >= 0.6 is 0 Å². The molecule has 0 fully saturated rings. The van der Waals surface area contributed by atoms with Crippen LogP contribution in [0.3, 0.4) is 0 Å². The van der Waals surface area contributed by atoms with E-state index in [2.05, 4.69) is 15.1 Å². The lowest BCUT2D eigenvalue weighted by Gasteiger charge is -2.05. The minimum atomic E-state index is 0.00135. The van der Waals surface area contributed by atoms with Gasteiger partial charge in [0.05, 0.1) is 18.5 Å². The highest BCUT2D eigenvalue weighted by Crippen LogP contribution is 2.27. The van der Waals surface area contributed by atoms with Crippen LogP contribution < -0.4 is 5.73 Å². The first-order chi connectivity index (χ1) is 9.70. The predicted octanol–water partition coefficient (Wildman–Crippen LogP) is 1.38. The number of anilines is 1. The van der Waals surface area contributed by atoms with Crippen molar-refractivity contribution in [2.45, 2.75) is 13.5 Å². The molecule has 0 saturated heterocycles. The van der Waals surface area contributed by atoms with Gasteiger partial charge >= 0.3 is 0 Å². The molecule has 20 heavy (non-hydrogen) atoms. The van der Waals surface area contributed by atoms with Gasteiger partial charge in [-0.2, -0.15) is 5.10 Å². The third-order valence-electron chi connectivity index (χ3n) is 3.25. The van der Waals surface area contributed by atoms with Gasteiger partial charge in [-0.1, -0.05) is 6.07 Å². The molecule has 0 spiro atoms. The van der Waals surface area contributed by atoms with Crippen molar-refractivity contribution in [3.63, 3.8) is 0 Å². The molecule has 3 aromatic heterocycles. The molecule has 3 aromatic rings. The fraction of sp³-hybridized carbons (Fsp3) is 0.214. The number of nitrogen functional groups attached to an aromatic ring is 1. The van der Waals surface area contributed by atoms with E-state index in [0.29, 0.717) is 18.0 Å². The number of aryl methyl sites for hydroxylation is 1. The second-order valence-electron chi connectivity index (χ2n) is 4.56. The molecule has 102 valence electrons. The van der Waals surface area contributed by atoms with Crippen LogP contribution in [0.15, 0.2) is 30.6 Å². The predicted molar refractivity (Wildman–Crippen MR) is 77.0 cm³/mol. The summed E-state index contributed by atoms with van der Waals surface area (Å²) in [6, 6.07) is 5.85. The highest BCUT2D eigenvalue weighted by molar-refractivity contribution is 5.90. The van der Waals surface area contributed by atoms with E-state index >= 15 is 0 Å². The van der Waals surface area contributed by atoms with Crippen molar-refractivity contribution in [3.8, 4) is 11.1 Å². The summed E-state index contributed by atoms with van der Waals surface area (Å²) >= 11 is 0. The van der Waals surface area contributed by atoms with Gasteiger partial charge in [-0.05, 0) is 19.1 Å². The number of aliphatic hydroxyl groups excluding tert-OH is 1. The van der Waals surface area contributed by atoms with Gasteiger partial charge in [0, 0.05) is 29.2 Å². The van der Waals surface area contributed by atoms with Crippen molar-refractivity contribution in [2.24, 2.45) is 0 Å². The van der Waals surface area contributed by atoms with Gasteiger partial charge in [-0.15, -0.1) is 0 Å². The smallest absolute Gasteiger partial charge is 0.160 e. The lowest BCUT2D eigenvalue weighted by atomic mass is 10.1. The summed E-state index contributed by atoms with van der Waals surface area (Å²) in [6.45, 7) is 2.34. The standard InChI is InChI=1S/C14H15N5O/c1-9-11(3-2-4-16-9)10-7-12-13(15)18-19(5-6-20)14(12)17-8-10/h2-4,7-8,20H,5-6H2,1H3,(H2,15,18). The van der Waals surface area contributed by atoms with Crippen LogP contribution in [0, 0.1) is 6.92 Å². The Morgan fingerprint density at radius 3 is 2.95 bits per heavy atom. The molecule has 0 radical (unpaired) electrons. The molecular weight excluding hydrogens is 254 g/mol. The average molecular weight is 269 g/mol. The van der Waals surface area contributed by atoms with Crippen molar-refractivity contribution < 1.29 is 5.11 Å². The van der Waals surface area contributed by atoms with Gasteiger partial charge in [0.1, 0.15) is 0 Å². The fourth-order valence-electron chi connectivity index (χ4n) is 2.27. The molecule has 6 heteroatoms. The molecular formula is C14H15N5O. The zero-order valence-corrected chi connectivity index (χ0v) is 11.1. The highest BCUT2D eigenvalue weighted by atomic mass is 16.3. The summed E-state index contributed by atoms with van der Waals surface area (Å²) in [6.07, 6.45) is 3.54. The van der Waals surface area contributed by atoms with Gasteiger partial charge in [-0.25, -0.2) is 9.67 Å². The topological polar surface area (TPSA) is 89.9 Å². The summed E-state index contributed by atoms with van der Waals surface area (Å²) in [4.78, 5) is 8.70. The van der Waals surface area contributed by atoms with Crippen molar-refractivity contribution >= 4 is 16.9 Å². The Morgan fingerprint density at radius 2 is 2.20 bits per heavy atom. The van der Waals surface area contributed by atoms with Crippen molar-refractivity contribution in [1.82, 2.24) is 19.7 Å². The summed E-state index contributed by atoms with van der Waals surface area (Å²) in [5.41, 5.74) is 9.53. The summed E-state index contributed by atoms with van der Waals surface area (Å²) in [5, 5.41) is 14.0. The number of hydrogen-bond donors (Lipinski definition) is 2. The van der Waals surface area contributed by atoms with Crippen LogP contribution in [0.1, 0.15) is 5.69 Å². The van der Waals surface area contributed by atoms with Gasteiger partial charge in [0.2, 0.25) is 0 Å². The lowest BCUT2D eigenvalue weighted by molar-refractivity contribution is 0.271. The zero-order valence-electron chi connectivity index (χ0n) is 11.1. The second-order valence-corrected chi connectivity index (χ2v) is 4.56. The first-order valence-corrected chi connectivity index (χ1v) is 6.35. The maximum absolute atomic E-state index is 9.02. The number of aliphatic hydroxyl groups is 1. The van der Waals surface area contributed by atoms with Crippen molar-refractivity contribution in [3.05, 3.63) is 36.3 Å². The van der Waals surface area contributed by atoms with Gasteiger partial charge in [-0.3, -0.25) is 4.98 Å². The normalized spacial score (nSPS) is 11.1.